The van der Waals surface area contributed by atoms with Gasteiger partial charge in [0.05, 0.1) is 6.54 Å². The molecule has 0 saturated carbocycles. The summed E-state index contributed by atoms with van der Waals surface area (Å²) in [5, 5.41) is 15.4. The maximum Gasteiger partial charge on any atom is 0.236 e. The second-order valence-electron chi connectivity index (χ2n) is 1.99. The van der Waals surface area contributed by atoms with Gasteiger partial charge in [0, 0.05) is 0 Å². The summed E-state index contributed by atoms with van der Waals surface area (Å²) in [6.45, 7) is 4.25. The molecule has 0 aliphatic rings. The number of amides is 1. The fourth-order valence-electron chi connectivity index (χ4n) is 0.516. The van der Waals surface area contributed by atoms with Gasteiger partial charge in [0.15, 0.2) is 6.23 Å². The average molecular weight is 145 g/mol. The number of rotatable bonds is 4. The van der Waals surface area contributed by atoms with E-state index in [1.807, 2.05) is 6.92 Å². The number of nitrogens with one attached hydrogen (secondary N) is 2. The highest BCUT2D eigenvalue weighted by Crippen LogP contribution is 1.72. The number of carbonyl (C=O) groups excluding carboxylic acids is 1. The van der Waals surface area contributed by atoms with E-state index in [1.165, 1.54) is 6.92 Å². The lowest BCUT2D eigenvalue weighted by Gasteiger charge is -2.04. The molecule has 4 heteroatoms. The van der Waals surface area contributed by atoms with Crippen LogP contribution >= 0.6 is 0 Å². The lowest BCUT2D eigenvalue weighted by Crippen LogP contribution is -2.38. The molecule has 0 spiro atoms. The van der Waals surface area contributed by atoms with Crippen molar-refractivity contribution in [2.24, 2.45) is 0 Å². The SMILES string of the molecule is CCNCC(=O)NC(C)[O]. The molecule has 10 heavy (non-hydrogen) atoms. The highest BCUT2D eigenvalue weighted by Gasteiger charge is 2.02. The van der Waals surface area contributed by atoms with Gasteiger partial charge >= 0.3 is 0 Å². The van der Waals surface area contributed by atoms with Crippen LogP contribution in [0, 0.1) is 0 Å². The largest absolute Gasteiger partial charge is 0.327 e. The summed E-state index contributed by atoms with van der Waals surface area (Å²) in [6.07, 6.45) is -1.01. The summed E-state index contributed by atoms with van der Waals surface area (Å²) in [7, 11) is 0. The summed E-state index contributed by atoms with van der Waals surface area (Å²) >= 11 is 0. The lowest BCUT2D eigenvalue weighted by atomic mass is 10.5. The fraction of sp³-hybridized carbons (Fsp3) is 0.833. The Morgan fingerprint density at radius 3 is 2.60 bits per heavy atom. The number of likely N-dealkylation sites (N-methyl/N-ethyl adjacent to an activating group) is 1. The molecule has 0 rings (SSSR count). The third-order valence-corrected chi connectivity index (χ3v) is 0.900. The molecular formula is C6H13N2O2. The van der Waals surface area contributed by atoms with Crippen LogP contribution < -0.4 is 10.6 Å². The smallest absolute Gasteiger partial charge is 0.236 e. The van der Waals surface area contributed by atoms with Gasteiger partial charge in [-0.25, -0.2) is 5.11 Å². The van der Waals surface area contributed by atoms with E-state index in [-0.39, 0.29) is 12.5 Å². The molecule has 1 radical (unpaired) electrons. The Morgan fingerprint density at radius 1 is 1.60 bits per heavy atom. The molecule has 59 valence electrons. The normalized spacial score (nSPS) is 12.7. The molecular weight excluding hydrogens is 132 g/mol. The van der Waals surface area contributed by atoms with Gasteiger partial charge in [0.25, 0.3) is 0 Å². The minimum atomic E-state index is -1.01. The van der Waals surface area contributed by atoms with Gasteiger partial charge in [-0.15, -0.1) is 0 Å². The van der Waals surface area contributed by atoms with E-state index < -0.39 is 6.23 Å². The van der Waals surface area contributed by atoms with Crippen LogP contribution in [-0.2, 0) is 9.90 Å². The molecule has 1 unspecified atom stereocenters. The van der Waals surface area contributed by atoms with Crippen molar-refractivity contribution >= 4 is 5.91 Å². The van der Waals surface area contributed by atoms with Gasteiger partial charge in [0.2, 0.25) is 5.91 Å². The molecule has 1 amide bonds. The molecule has 4 nitrogen and oxygen atoms in total. The molecule has 2 N–H and O–H groups in total. The Bertz CT molecular complexity index is 104. The molecule has 0 saturated heterocycles. The highest BCUT2D eigenvalue weighted by molar-refractivity contribution is 5.78. The van der Waals surface area contributed by atoms with Crippen molar-refractivity contribution in [1.82, 2.24) is 10.6 Å². The molecule has 0 bridgehead atoms. The Hall–Kier alpha value is -0.610. The third kappa shape index (κ3) is 5.53. The summed E-state index contributed by atoms with van der Waals surface area (Å²) < 4.78 is 0. The van der Waals surface area contributed by atoms with Crippen LogP contribution in [0.15, 0.2) is 0 Å². The Balaban J connectivity index is 3.26. The van der Waals surface area contributed by atoms with Gasteiger partial charge in [-0.3, -0.25) is 4.79 Å². The Morgan fingerprint density at radius 2 is 2.20 bits per heavy atom. The van der Waals surface area contributed by atoms with Crippen molar-refractivity contribution in [3.8, 4) is 0 Å². The van der Waals surface area contributed by atoms with Crippen LogP contribution in [0.3, 0.4) is 0 Å². The number of hydrogen-bond donors (Lipinski definition) is 2. The lowest BCUT2D eigenvalue weighted by molar-refractivity contribution is -0.123. The minimum Gasteiger partial charge on any atom is -0.327 e. The maximum atomic E-state index is 10.6. The Labute approximate surface area is 60.6 Å². The third-order valence-electron chi connectivity index (χ3n) is 0.900. The Kier molecular flexibility index (Phi) is 4.88. The average Bonchev–Trinajstić information content (AvgIpc) is 1.82. The first-order valence-corrected chi connectivity index (χ1v) is 3.32. The van der Waals surface area contributed by atoms with E-state index in [2.05, 4.69) is 10.6 Å². The number of carbonyl (C=O) groups is 1. The predicted molar refractivity (Wildman–Crippen MR) is 36.8 cm³/mol. The molecule has 0 heterocycles. The first-order chi connectivity index (χ1) is 4.66. The van der Waals surface area contributed by atoms with E-state index in [0.717, 1.165) is 6.54 Å². The van der Waals surface area contributed by atoms with E-state index >= 15 is 0 Å². The van der Waals surface area contributed by atoms with Gasteiger partial charge in [-0.1, -0.05) is 6.92 Å². The van der Waals surface area contributed by atoms with Crippen LogP contribution in [0.2, 0.25) is 0 Å². The summed E-state index contributed by atoms with van der Waals surface area (Å²) in [5.41, 5.74) is 0. The zero-order chi connectivity index (χ0) is 7.98. The minimum absolute atomic E-state index is 0.225. The van der Waals surface area contributed by atoms with Crippen molar-refractivity contribution in [2.75, 3.05) is 13.1 Å². The molecule has 1 atom stereocenters. The molecule has 0 aromatic rings. The van der Waals surface area contributed by atoms with Crippen molar-refractivity contribution in [3.63, 3.8) is 0 Å². The van der Waals surface area contributed by atoms with Gasteiger partial charge < -0.3 is 10.6 Å². The van der Waals surface area contributed by atoms with Gasteiger partial charge in [-0.2, -0.15) is 0 Å². The molecule has 0 aliphatic carbocycles. The summed E-state index contributed by atoms with van der Waals surface area (Å²) in [4.78, 5) is 10.6. The quantitative estimate of drug-likeness (QED) is 0.523. The highest BCUT2D eigenvalue weighted by atomic mass is 16.3. The van der Waals surface area contributed by atoms with Crippen LogP contribution in [0.4, 0.5) is 0 Å². The summed E-state index contributed by atoms with van der Waals surface area (Å²) in [5.74, 6) is -0.246. The van der Waals surface area contributed by atoms with Crippen molar-refractivity contribution < 1.29 is 9.90 Å². The van der Waals surface area contributed by atoms with Crippen LogP contribution in [0.1, 0.15) is 13.8 Å². The molecule has 0 aromatic carbocycles. The van der Waals surface area contributed by atoms with Crippen LogP contribution in [0.5, 0.6) is 0 Å². The van der Waals surface area contributed by atoms with E-state index in [9.17, 15) is 9.90 Å². The number of hydrogen-bond acceptors (Lipinski definition) is 2. The standard InChI is InChI=1S/C6H13N2O2/c1-3-7-4-6(10)8-5(2)9/h5,7H,3-4H2,1-2H3,(H,8,10). The molecule has 0 aromatic heterocycles. The van der Waals surface area contributed by atoms with E-state index in [0.29, 0.717) is 0 Å². The molecule has 0 fully saturated rings. The zero-order valence-corrected chi connectivity index (χ0v) is 6.31. The molecule has 0 aliphatic heterocycles. The van der Waals surface area contributed by atoms with Crippen molar-refractivity contribution in [3.05, 3.63) is 0 Å². The first kappa shape index (κ1) is 9.39. The van der Waals surface area contributed by atoms with Gasteiger partial charge in [-0.05, 0) is 13.5 Å². The second kappa shape index (κ2) is 5.20. The zero-order valence-electron chi connectivity index (χ0n) is 6.31. The topological polar surface area (TPSA) is 61.0 Å². The van der Waals surface area contributed by atoms with E-state index in [4.69, 9.17) is 0 Å². The van der Waals surface area contributed by atoms with Gasteiger partial charge in [0.1, 0.15) is 0 Å². The first-order valence-electron chi connectivity index (χ1n) is 3.32. The maximum absolute atomic E-state index is 10.6. The second-order valence-corrected chi connectivity index (χ2v) is 1.99. The van der Waals surface area contributed by atoms with Crippen molar-refractivity contribution in [2.45, 2.75) is 20.1 Å². The predicted octanol–water partition coefficient (Wildman–Crippen LogP) is -0.511. The fourth-order valence-corrected chi connectivity index (χ4v) is 0.516. The summed E-state index contributed by atoms with van der Waals surface area (Å²) in [6, 6.07) is 0. The van der Waals surface area contributed by atoms with E-state index in [1.54, 1.807) is 0 Å². The van der Waals surface area contributed by atoms with Crippen molar-refractivity contribution in [1.29, 1.82) is 0 Å². The monoisotopic (exact) mass is 145 g/mol. The van der Waals surface area contributed by atoms with Crippen LogP contribution in [-0.4, -0.2) is 25.2 Å². The van der Waals surface area contributed by atoms with Crippen LogP contribution in [0.25, 0.3) is 0 Å².